The number of aromatic nitrogens is 1. The summed E-state index contributed by atoms with van der Waals surface area (Å²) in [6.45, 7) is 2.05. The van der Waals surface area contributed by atoms with Crippen LogP contribution in [0.4, 0.5) is 0 Å². The van der Waals surface area contributed by atoms with E-state index >= 15 is 0 Å². The SMILES string of the molecule is O=C(CCc1ncc(-c2ccc(Cl)cc2)o1)NCCC(=O)N1CCCCCC1. The average Bonchev–Trinajstić information content (AvgIpc) is 2.99. The van der Waals surface area contributed by atoms with Crippen molar-refractivity contribution in [1.29, 1.82) is 0 Å². The van der Waals surface area contributed by atoms with E-state index in [0.717, 1.165) is 31.5 Å². The molecule has 1 aromatic carbocycles. The van der Waals surface area contributed by atoms with Gasteiger partial charge in [-0.25, -0.2) is 4.98 Å². The molecule has 1 N–H and O–H groups in total. The van der Waals surface area contributed by atoms with E-state index in [1.54, 1.807) is 18.3 Å². The lowest BCUT2D eigenvalue weighted by Gasteiger charge is -2.20. The summed E-state index contributed by atoms with van der Waals surface area (Å²) in [5.41, 5.74) is 0.889. The first-order valence-corrected chi connectivity index (χ1v) is 10.2. The van der Waals surface area contributed by atoms with E-state index in [1.165, 1.54) is 12.8 Å². The van der Waals surface area contributed by atoms with Crippen molar-refractivity contribution < 1.29 is 14.0 Å². The van der Waals surface area contributed by atoms with Gasteiger partial charge >= 0.3 is 0 Å². The quantitative estimate of drug-likeness (QED) is 0.762. The summed E-state index contributed by atoms with van der Waals surface area (Å²) in [5, 5.41) is 3.47. The zero-order chi connectivity index (χ0) is 19.8. The van der Waals surface area contributed by atoms with Crippen molar-refractivity contribution in [2.75, 3.05) is 19.6 Å². The highest BCUT2D eigenvalue weighted by molar-refractivity contribution is 6.30. The van der Waals surface area contributed by atoms with Crippen LogP contribution in [0.3, 0.4) is 0 Å². The van der Waals surface area contributed by atoms with Crippen LogP contribution in [0.2, 0.25) is 5.02 Å². The Kier molecular flexibility index (Phi) is 7.48. The second-order valence-corrected chi connectivity index (χ2v) is 7.46. The van der Waals surface area contributed by atoms with Crippen LogP contribution in [0.1, 0.15) is 44.4 Å². The van der Waals surface area contributed by atoms with E-state index in [0.29, 0.717) is 36.1 Å². The number of nitrogens with zero attached hydrogens (tertiary/aromatic N) is 2. The van der Waals surface area contributed by atoms with Crippen molar-refractivity contribution in [3.63, 3.8) is 0 Å². The van der Waals surface area contributed by atoms with Crippen LogP contribution in [-0.2, 0) is 16.0 Å². The zero-order valence-corrected chi connectivity index (χ0v) is 16.7. The van der Waals surface area contributed by atoms with Gasteiger partial charge < -0.3 is 14.6 Å². The zero-order valence-electron chi connectivity index (χ0n) is 16.0. The maximum absolute atomic E-state index is 12.2. The van der Waals surface area contributed by atoms with Crippen LogP contribution in [0.15, 0.2) is 34.9 Å². The Labute approximate surface area is 170 Å². The minimum absolute atomic E-state index is 0.102. The Balaban J connectivity index is 1.37. The Bertz CT molecular complexity index is 780. The Morgan fingerprint density at radius 2 is 1.79 bits per heavy atom. The molecule has 3 rings (SSSR count). The second-order valence-electron chi connectivity index (χ2n) is 7.02. The molecule has 1 aromatic heterocycles. The molecule has 0 atom stereocenters. The molecule has 150 valence electrons. The molecule has 28 heavy (non-hydrogen) atoms. The number of rotatable bonds is 7. The van der Waals surface area contributed by atoms with Crippen LogP contribution < -0.4 is 5.32 Å². The van der Waals surface area contributed by atoms with Crippen LogP contribution in [0.25, 0.3) is 11.3 Å². The van der Waals surface area contributed by atoms with E-state index < -0.39 is 0 Å². The normalized spacial score (nSPS) is 14.5. The van der Waals surface area contributed by atoms with Gasteiger partial charge in [0.25, 0.3) is 0 Å². The summed E-state index contributed by atoms with van der Waals surface area (Å²) in [7, 11) is 0. The van der Waals surface area contributed by atoms with Crippen LogP contribution in [-0.4, -0.2) is 41.3 Å². The summed E-state index contributed by atoms with van der Waals surface area (Å²) >= 11 is 5.89. The van der Waals surface area contributed by atoms with Gasteiger partial charge in [-0.1, -0.05) is 24.4 Å². The van der Waals surface area contributed by atoms with Gasteiger partial charge in [0.1, 0.15) is 0 Å². The molecule has 7 heteroatoms. The lowest BCUT2D eigenvalue weighted by molar-refractivity contribution is -0.131. The highest BCUT2D eigenvalue weighted by Gasteiger charge is 2.15. The predicted octanol–water partition coefficient (Wildman–Crippen LogP) is 3.84. The largest absolute Gasteiger partial charge is 0.441 e. The van der Waals surface area contributed by atoms with Crippen molar-refractivity contribution in [3.8, 4) is 11.3 Å². The lowest BCUT2D eigenvalue weighted by Crippen LogP contribution is -2.35. The minimum atomic E-state index is -0.102. The number of aryl methyl sites for hydroxylation is 1. The number of halogens is 1. The molecule has 1 aliphatic heterocycles. The standard InChI is InChI=1S/C21H26ClN3O3/c22-17-7-5-16(6-8-17)18-15-24-20(28-18)10-9-19(26)23-12-11-21(27)25-13-3-1-2-4-14-25/h5-8,15H,1-4,9-14H2,(H,23,26). The molecule has 0 spiro atoms. The molecule has 1 saturated heterocycles. The third kappa shape index (κ3) is 6.09. The van der Waals surface area contributed by atoms with Gasteiger partial charge in [0.2, 0.25) is 11.8 Å². The Hall–Kier alpha value is -2.34. The monoisotopic (exact) mass is 403 g/mol. The van der Waals surface area contributed by atoms with Crippen molar-refractivity contribution in [1.82, 2.24) is 15.2 Å². The van der Waals surface area contributed by atoms with E-state index in [-0.39, 0.29) is 18.2 Å². The molecule has 0 unspecified atom stereocenters. The molecule has 0 aliphatic carbocycles. The van der Waals surface area contributed by atoms with Gasteiger partial charge in [0.15, 0.2) is 11.7 Å². The number of hydrogen-bond acceptors (Lipinski definition) is 4. The van der Waals surface area contributed by atoms with Gasteiger partial charge in [0.05, 0.1) is 6.20 Å². The number of amides is 2. The number of benzene rings is 1. The molecule has 0 saturated carbocycles. The molecule has 2 aromatic rings. The van der Waals surface area contributed by atoms with Crippen molar-refractivity contribution in [2.24, 2.45) is 0 Å². The molecule has 0 radical (unpaired) electrons. The first-order chi connectivity index (χ1) is 13.6. The van der Waals surface area contributed by atoms with E-state index in [4.69, 9.17) is 16.0 Å². The number of carbonyl (C=O) groups excluding carboxylic acids is 2. The number of nitrogens with one attached hydrogen (secondary N) is 1. The molecule has 1 fully saturated rings. The molecule has 2 amide bonds. The van der Waals surface area contributed by atoms with Gasteiger partial charge in [-0.2, -0.15) is 0 Å². The topological polar surface area (TPSA) is 75.4 Å². The number of likely N-dealkylation sites (tertiary alicyclic amines) is 1. The predicted molar refractivity (Wildman–Crippen MR) is 108 cm³/mol. The Morgan fingerprint density at radius 1 is 1.07 bits per heavy atom. The first kappa shape index (κ1) is 20.4. The van der Waals surface area contributed by atoms with Crippen molar-refractivity contribution >= 4 is 23.4 Å². The third-order valence-corrected chi connectivity index (χ3v) is 5.12. The summed E-state index contributed by atoms with van der Waals surface area (Å²) in [6.07, 6.45) is 7.24. The van der Waals surface area contributed by atoms with E-state index in [9.17, 15) is 9.59 Å². The van der Waals surface area contributed by atoms with Gasteiger partial charge in [-0.15, -0.1) is 0 Å². The fourth-order valence-electron chi connectivity index (χ4n) is 3.27. The van der Waals surface area contributed by atoms with Crippen LogP contribution in [0, 0.1) is 0 Å². The van der Waals surface area contributed by atoms with Gasteiger partial charge in [0, 0.05) is 49.5 Å². The third-order valence-electron chi connectivity index (χ3n) is 4.87. The van der Waals surface area contributed by atoms with Crippen LogP contribution >= 0.6 is 11.6 Å². The maximum atomic E-state index is 12.2. The maximum Gasteiger partial charge on any atom is 0.224 e. The fourth-order valence-corrected chi connectivity index (χ4v) is 3.40. The summed E-state index contributed by atoms with van der Waals surface area (Å²) in [5.74, 6) is 1.19. The second kappa shape index (κ2) is 10.3. The fraction of sp³-hybridized carbons (Fsp3) is 0.476. The average molecular weight is 404 g/mol. The molecule has 2 heterocycles. The molecular weight excluding hydrogens is 378 g/mol. The Morgan fingerprint density at radius 3 is 2.50 bits per heavy atom. The minimum Gasteiger partial charge on any atom is -0.441 e. The molecule has 0 bridgehead atoms. The lowest BCUT2D eigenvalue weighted by atomic mass is 10.2. The van der Waals surface area contributed by atoms with Crippen molar-refractivity contribution in [2.45, 2.75) is 44.9 Å². The summed E-state index contributed by atoms with van der Waals surface area (Å²) in [6, 6.07) is 7.31. The molecule has 6 nitrogen and oxygen atoms in total. The van der Waals surface area contributed by atoms with Crippen molar-refractivity contribution in [3.05, 3.63) is 41.4 Å². The van der Waals surface area contributed by atoms with E-state index in [1.807, 2.05) is 17.0 Å². The van der Waals surface area contributed by atoms with E-state index in [2.05, 4.69) is 10.3 Å². The summed E-state index contributed by atoms with van der Waals surface area (Å²) < 4.78 is 5.70. The first-order valence-electron chi connectivity index (χ1n) is 9.87. The highest BCUT2D eigenvalue weighted by atomic mass is 35.5. The summed E-state index contributed by atoms with van der Waals surface area (Å²) in [4.78, 5) is 30.4. The number of hydrogen-bond donors (Lipinski definition) is 1. The van der Waals surface area contributed by atoms with Gasteiger partial charge in [-0.05, 0) is 37.1 Å². The number of oxazole rings is 1. The van der Waals surface area contributed by atoms with Crippen LogP contribution in [0.5, 0.6) is 0 Å². The molecule has 1 aliphatic rings. The highest BCUT2D eigenvalue weighted by Crippen LogP contribution is 2.22. The van der Waals surface area contributed by atoms with Gasteiger partial charge in [-0.3, -0.25) is 9.59 Å². The smallest absolute Gasteiger partial charge is 0.224 e. The number of carbonyl (C=O) groups is 2. The molecular formula is C21H26ClN3O3.